The second kappa shape index (κ2) is 5.65. The lowest BCUT2D eigenvalue weighted by Gasteiger charge is -2.22. The minimum atomic E-state index is 0.100. The quantitative estimate of drug-likeness (QED) is 0.881. The summed E-state index contributed by atoms with van der Waals surface area (Å²) in [6.45, 7) is 3.83. The molecule has 1 aromatic carbocycles. The predicted octanol–water partition coefficient (Wildman–Crippen LogP) is 2.70. The molecule has 17 heavy (non-hydrogen) atoms. The maximum absolute atomic E-state index is 12.0. The number of rotatable bonds is 2. The van der Waals surface area contributed by atoms with Gasteiger partial charge in [0.15, 0.2) is 0 Å². The summed E-state index contributed by atoms with van der Waals surface area (Å²) >= 11 is 3.44. The van der Waals surface area contributed by atoms with Crippen molar-refractivity contribution in [2.45, 2.75) is 19.8 Å². The maximum Gasteiger partial charge on any atom is 0.228 e. The van der Waals surface area contributed by atoms with Crippen molar-refractivity contribution < 1.29 is 4.79 Å². The van der Waals surface area contributed by atoms with Crippen LogP contribution >= 0.6 is 15.9 Å². The normalized spacial score (nSPS) is 20.0. The first-order chi connectivity index (χ1) is 8.15. The zero-order chi connectivity index (χ0) is 12.3. The summed E-state index contributed by atoms with van der Waals surface area (Å²) in [5.74, 6) is 0.220. The number of hydrogen-bond donors (Lipinski definition) is 2. The SMILES string of the molecule is Cc1cc(Br)cc(NC(=O)C2CCCNC2)c1. The first-order valence-electron chi connectivity index (χ1n) is 5.94. The van der Waals surface area contributed by atoms with Gasteiger partial charge in [-0.15, -0.1) is 0 Å². The molecular formula is C13H17BrN2O. The molecular weight excluding hydrogens is 280 g/mol. The van der Waals surface area contributed by atoms with Crippen LogP contribution in [-0.2, 0) is 4.79 Å². The van der Waals surface area contributed by atoms with Crippen LogP contribution in [0.3, 0.4) is 0 Å². The Kier molecular flexibility index (Phi) is 4.18. The van der Waals surface area contributed by atoms with Crippen LogP contribution in [-0.4, -0.2) is 19.0 Å². The number of piperidine rings is 1. The summed E-state index contributed by atoms with van der Waals surface area (Å²) in [5, 5.41) is 6.24. The van der Waals surface area contributed by atoms with Gasteiger partial charge in [0.2, 0.25) is 5.91 Å². The van der Waals surface area contributed by atoms with Gasteiger partial charge in [-0.2, -0.15) is 0 Å². The number of nitrogens with one attached hydrogen (secondary N) is 2. The molecule has 1 unspecified atom stereocenters. The molecule has 0 saturated carbocycles. The molecule has 0 aromatic heterocycles. The molecule has 2 rings (SSSR count). The molecule has 0 bridgehead atoms. The molecule has 1 aliphatic rings. The van der Waals surface area contributed by atoms with Crippen molar-refractivity contribution in [3.8, 4) is 0 Å². The van der Waals surface area contributed by atoms with Crippen molar-refractivity contribution in [2.75, 3.05) is 18.4 Å². The van der Waals surface area contributed by atoms with Gasteiger partial charge in [-0.05, 0) is 50.1 Å². The Labute approximate surface area is 110 Å². The van der Waals surface area contributed by atoms with Gasteiger partial charge in [0, 0.05) is 16.7 Å². The number of halogens is 1. The summed E-state index contributed by atoms with van der Waals surface area (Å²) in [7, 11) is 0. The van der Waals surface area contributed by atoms with Crippen molar-refractivity contribution in [1.29, 1.82) is 0 Å². The summed E-state index contributed by atoms with van der Waals surface area (Å²) in [5.41, 5.74) is 2.00. The van der Waals surface area contributed by atoms with Crippen molar-refractivity contribution in [2.24, 2.45) is 5.92 Å². The second-order valence-electron chi connectivity index (χ2n) is 4.55. The van der Waals surface area contributed by atoms with Crippen LogP contribution in [0.25, 0.3) is 0 Å². The fourth-order valence-corrected chi connectivity index (χ4v) is 2.74. The first-order valence-corrected chi connectivity index (χ1v) is 6.73. The third kappa shape index (κ3) is 3.54. The van der Waals surface area contributed by atoms with Crippen molar-refractivity contribution in [3.63, 3.8) is 0 Å². The average Bonchev–Trinajstić information content (AvgIpc) is 2.28. The Balaban J connectivity index is 2.01. The van der Waals surface area contributed by atoms with Gasteiger partial charge < -0.3 is 10.6 Å². The second-order valence-corrected chi connectivity index (χ2v) is 5.47. The van der Waals surface area contributed by atoms with Gasteiger partial charge in [0.05, 0.1) is 5.92 Å². The van der Waals surface area contributed by atoms with Gasteiger partial charge in [0.25, 0.3) is 0 Å². The molecule has 1 saturated heterocycles. The number of anilines is 1. The van der Waals surface area contributed by atoms with Crippen LogP contribution in [0.5, 0.6) is 0 Å². The first kappa shape index (κ1) is 12.6. The summed E-state index contributed by atoms with van der Waals surface area (Å²) in [6.07, 6.45) is 2.06. The molecule has 1 amide bonds. The molecule has 92 valence electrons. The highest BCUT2D eigenvalue weighted by molar-refractivity contribution is 9.10. The third-order valence-corrected chi connectivity index (χ3v) is 3.44. The van der Waals surface area contributed by atoms with E-state index in [2.05, 4.69) is 26.6 Å². The van der Waals surface area contributed by atoms with Crippen LogP contribution < -0.4 is 10.6 Å². The van der Waals surface area contributed by atoms with Crippen LogP contribution in [0.2, 0.25) is 0 Å². The van der Waals surface area contributed by atoms with Gasteiger partial charge >= 0.3 is 0 Å². The molecule has 2 N–H and O–H groups in total. The number of aryl methyl sites for hydroxylation is 1. The van der Waals surface area contributed by atoms with Crippen LogP contribution in [0.1, 0.15) is 18.4 Å². The Morgan fingerprint density at radius 3 is 2.94 bits per heavy atom. The van der Waals surface area contributed by atoms with Crippen molar-refractivity contribution in [1.82, 2.24) is 5.32 Å². The van der Waals surface area contributed by atoms with E-state index in [0.717, 1.165) is 41.7 Å². The molecule has 0 spiro atoms. The summed E-state index contributed by atoms with van der Waals surface area (Å²) < 4.78 is 0.995. The smallest absolute Gasteiger partial charge is 0.228 e. The van der Waals surface area contributed by atoms with E-state index in [0.29, 0.717) is 0 Å². The van der Waals surface area contributed by atoms with Crippen LogP contribution in [0, 0.1) is 12.8 Å². The lowest BCUT2D eigenvalue weighted by Crippen LogP contribution is -2.37. The van der Waals surface area contributed by atoms with E-state index < -0.39 is 0 Å². The average molecular weight is 297 g/mol. The molecule has 1 fully saturated rings. The summed E-state index contributed by atoms with van der Waals surface area (Å²) in [4.78, 5) is 12.0. The Hall–Kier alpha value is -0.870. The molecule has 1 aliphatic heterocycles. The van der Waals surface area contributed by atoms with E-state index in [9.17, 15) is 4.79 Å². The lowest BCUT2D eigenvalue weighted by atomic mass is 9.99. The zero-order valence-electron chi connectivity index (χ0n) is 9.92. The van der Waals surface area contributed by atoms with E-state index in [-0.39, 0.29) is 11.8 Å². The van der Waals surface area contributed by atoms with Crippen molar-refractivity contribution in [3.05, 3.63) is 28.2 Å². The number of benzene rings is 1. The molecule has 0 aliphatic carbocycles. The van der Waals surface area contributed by atoms with E-state index >= 15 is 0 Å². The standard InChI is InChI=1S/C13H17BrN2O/c1-9-5-11(14)7-12(6-9)16-13(17)10-3-2-4-15-8-10/h5-7,10,15H,2-4,8H2,1H3,(H,16,17). The Morgan fingerprint density at radius 2 is 2.29 bits per heavy atom. The number of carbonyl (C=O) groups excluding carboxylic acids is 1. The molecule has 1 heterocycles. The molecule has 3 nitrogen and oxygen atoms in total. The molecule has 1 atom stereocenters. The molecule has 4 heteroatoms. The fraction of sp³-hybridized carbons (Fsp3) is 0.462. The summed E-state index contributed by atoms with van der Waals surface area (Å²) in [6, 6.07) is 5.94. The monoisotopic (exact) mass is 296 g/mol. The van der Waals surface area contributed by atoms with E-state index in [1.165, 1.54) is 0 Å². The predicted molar refractivity (Wildman–Crippen MR) is 73.1 cm³/mol. The third-order valence-electron chi connectivity index (χ3n) is 2.98. The molecule has 0 radical (unpaired) electrons. The topological polar surface area (TPSA) is 41.1 Å². The van der Waals surface area contributed by atoms with E-state index in [1.54, 1.807) is 0 Å². The van der Waals surface area contributed by atoms with Gasteiger partial charge in [-0.25, -0.2) is 0 Å². The van der Waals surface area contributed by atoms with Gasteiger partial charge in [-0.3, -0.25) is 4.79 Å². The Morgan fingerprint density at radius 1 is 1.47 bits per heavy atom. The van der Waals surface area contributed by atoms with E-state index in [1.807, 2.05) is 25.1 Å². The number of carbonyl (C=O) groups is 1. The zero-order valence-corrected chi connectivity index (χ0v) is 11.5. The lowest BCUT2D eigenvalue weighted by molar-refractivity contribution is -0.120. The van der Waals surface area contributed by atoms with Crippen molar-refractivity contribution >= 4 is 27.5 Å². The largest absolute Gasteiger partial charge is 0.326 e. The van der Waals surface area contributed by atoms with Gasteiger partial charge in [0.1, 0.15) is 0 Å². The highest BCUT2D eigenvalue weighted by atomic mass is 79.9. The highest BCUT2D eigenvalue weighted by Crippen LogP contribution is 2.20. The number of hydrogen-bond acceptors (Lipinski definition) is 2. The van der Waals surface area contributed by atoms with E-state index in [4.69, 9.17) is 0 Å². The van der Waals surface area contributed by atoms with Gasteiger partial charge in [-0.1, -0.05) is 15.9 Å². The Bertz CT molecular complexity index is 394. The maximum atomic E-state index is 12.0. The van der Waals surface area contributed by atoms with Crippen LogP contribution in [0.4, 0.5) is 5.69 Å². The fourth-order valence-electron chi connectivity index (χ4n) is 2.13. The van der Waals surface area contributed by atoms with Crippen LogP contribution in [0.15, 0.2) is 22.7 Å². The highest BCUT2D eigenvalue weighted by Gasteiger charge is 2.20. The molecule has 1 aromatic rings. The number of amides is 1. The minimum Gasteiger partial charge on any atom is -0.326 e. The minimum absolute atomic E-state index is 0.100.